The Morgan fingerprint density at radius 2 is 2.00 bits per heavy atom. The molecule has 0 saturated heterocycles. The summed E-state index contributed by atoms with van der Waals surface area (Å²) in [4.78, 5) is 24.0. The maximum absolute atomic E-state index is 11.3. The van der Waals surface area contributed by atoms with Crippen LogP contribution < -0.4 is 0 Å². The van der Waals surface area contributed by atoms with Gasteiger partial charge in [-0.1, -0.05) is 0 Å². The molecular formula is C9H15NO3. The minimum absolute atomic E-state index is 0.0260. The van der Waals surface area contributed by atoms with Gasteiger partial charge in [0.15, 0.2) is 0 Å². The fraction of sp³-hybridized carbons (Fsp3) is 0.778. The number of nitrogens with zero attached hydrogens (tertiary/aromatic N) is 1. The molecule has 0 heterocycles. The zero-order valence-corrected chi connectivity index (χ0v) is 8.24. The van der Waals surface area contributed by atoms with Crippen molar-refractivity contribution in [2.45, 2.75) is 13.3 Å². The van der Waals surface area contributed by atoms with Crippen molar-refractivity contribution in [3.05, 3.63) is 0 Å². The molecule has 13 heavy (non-hydrogen) atoms. The molecule has 1 fully saturated rings. The van der Waals surface area contributed by atoms with Crippen molar-refractivity contribution in [2.24, 2.45) is 11.8 Å². The van der Waals surface area contributed by atoms with E-state index < -0.39 is 0 Å². The lowest BCUT2D eigenvalue weighted by Gasteiger charge is -2.08. The third-order valence-electron chi connectivity index (χ3n) is 2.14. The summed E-state index contributed by atoms with van der Waals surface area (Å²) in [5, 5.41) is 0. The largest absolute Gasteiger partial charge is 0.466 e. The Hall–Kier alpha value is -1.06. The van der Waals surface area contributed by atoms with E-state index in [-0.39, 0.29) is 23.7 Å². The first kappa shape index (κ1) is 10.0. The fourth-order valence-electron chi connectivity index (χ4n) is 1.31. The van der Waals surface area contributed by atoms with Crippen molar-refractivity contribution in [1.82, 2.24) is 4.90 Å². The molecule has 1 aliphatic rings. The summed E-state index contributed by atoms with van der Waals surface area (Å²) in [6.45, 7) is 2.15. The molecule has 4 heteroatoms. The van der Waals surface area contributed by atoms with E-state index >= 15 is 0 Å². The Morgan fingerprint density at radius 3 is 2.46 bits per heavy atom. The third kappa shape index (κ3) is 2.20. The highest BCUT2D eigenvalue weighted by Crippen LogP contribution is 2.40. The molecule has 0 N–H and O–H groups in total. The van der Waals surface area contributed by atoms with Gasteiger partial charge in [-0.15, -0.1) is 0 Å². The average Bonchev–Trinajstić information content (AvgIpc) is 2.82. The van der Waals surface area contributed by atoms with Crippen LogP contribution in [0.15, 0.2) is 0 Å². The van der Waals surface area contributed by atoms with Crippen LogP contribution in [0.3, 0.4) is 0 Å². The van der Waals surface area contributed by atoms with Crippen molar-refractivity contribution < 1.29 is 14.3 Å². The van der Waals surface area contributed by atoms with Gasteiger partial charge in [-0.05, 0) is 13.3 Å². The predicted octanol–water partition coefficient (Wildman–Crippen LogP) is 0.274. The molecule has 0 radical (unpaired) electrons. The van der Waals surface area contributed by atoms with Gasteiger partial charge in [0.2, 0.25) is 5.91 Å². The van der Waals surface area contributed by atoms with Crippen LogP contribution >= 0.6 is 0 Å². The standard InChI is InChI=1S/C9H15NO3/c1-4-13-9(12)7-5-6(7)8(11)10(2)3/h6-7H,4-5H2,1-3H3. The highest BCUT2D eigenvalue weighted by atomic mass is 16.5. The molecule has 0 bridgehead atoms. The molecule has 4 nitrogen and oxygen atoms in total. The number of hydrogen-bond acceptors (Lipinski definition) is 3. The van der Waals surface area contributed by atoms with E-state index in [1.165, 1.54) is 4.90 Å². The molecule has 1 rings (SSSR count). The van der Waals surface area contributed by atoms with E-state index in [9.17, 15) is 9.59 Å². The summed E-state index contributed by atoms with van der Waals surface area (Å²) in [5.74, 6) is -0.523. The number of ether oxygens (including phenoxy) is 1. The second-order valence-corrected chi connectivity index (χ2v) is 3.43. The summed E-state index contributed by atoms with van der Waals surface area (Å²) in [7, 11) is 3.39. The molecule has 1 amide bonds. The second kappa shape index (κ2) is 3.77. The van der Waals surface area contributed by atoms with Crippen molar-refractivity contribution in [3.63, 3.8) is 0 Å². The van der Waals surface area contributed by atoms with Crippen LogP contribution in [0.4, 0.5) is 0 Å². The highest BCUT2D eigenvalue weighted by Gasteiger charge is 2.49. The van der Waals surface area contributed by atoms with Crippen LogP contribution in [0.25, 0.3) is 0 Å². The van der Waals surface area contributed by atoms with Gasteiger partial charge in [-0.25, -0.2) is 0 Å². The minimum Gasteiger partial charge on any atom is -0.466 e. The van der Waals surface area contributed by atoms with E-state index in [1.807, 2.05) is 0 Å². The second-order valence-electron chi connectivity index (χ2n) is 3.43. The van der Waals surface area contributed by atoms with E-state index in [0.29, 0.717) is 13.0 Å². The maximum atomic E-state index is 11.3. The van der Waals surface area contributed by atoms with Crippen molar-refractivity contribution in [3.8, 4) is 0 Å². The van der Waals surface area contributed by atoms with Crippen molar-refractivity contribution in [2.75, 3.05) is 20.7 Å². The van der Waals surface area contributed by atoms with Gasteiger partial charge in [0.1, 0.15) is 0 Å². The Bertz CT molecular complexity index is 225. The SMILES string of the molecule is CCOC(=O)C1CC1C(=O)N(C)C. The van der Waals surface area contributed by atoms with Gasteiger partial charge in [-0.2, -0.15) is 0 Å². The molecule has 1 saturated carbocycles. The van der Waals surface area contributed by atoms with Gasteiger partial charge in [0, 0.05) is 14.1 Å². The van der Waals surface area contributed by atoms with E-state index in [1.54, 1.807) is 21.0 Å². The van der Waals surface area contributed by atoms with Gasteiger partial charge < -0.3 is 9.64 Å². The van der Waals surface area contributed by atoms with E-state index in [2.05, 4.69) is 0 Å². The third-order valence-corrected chi connectivity index (χ3v) is 2.14. The zero-order valence-electron chi connectivity index (χ0n) is 8.24. The lowest BCUT2D eigenvalue weighted by Crippen LogP contribution is -2.25. The van der Waals surface area contributed by atoms with Gasteiger partial charge in [-0.3, -0.25) is 9.59 Å². The van der Waals surface area contributed by atoms with Crippen LogP contribution in [0.2, 0.25) is 0 Å². The smallest absolute Gasteiger partial charge is 0.309 e. The monoisotopic (exact) mass is 185 g/mol. The summed E-state index contributed by atoms with van der Waals surface area (Å²) < 4.78 is 4.82. The van der Waals surface area contributed by atoms with Gasteiger partial charge in [0.05, 0.1) is 18.4 Å². The van der Waals surface area contributed by atoms with Crippen molar-refractivity contribution in [1.29, 1.82) is 0 Å². The molecule has 0 aromatic carbocycles. The average molecular weight is 185 g/mol. The van der Waals surface area contributed by atoms with E-state index in [4.69, 9.17) is 4.74 Å². The Labute approximate surface area is 77.8 Å². The number of hydrogen-bond donors (Lipinski definition) is 0. The first-order chi connectivity index (χ1) is 6.07. The molecule has 74 valence electrons. The van der Waals surface area contributed by atoms with E-state index in [0.717, 1.165) is 0 Å². The first-order valence-corrected chi connectivity index (χ1v) is 4.45. The molecule has 0 aromatic heterocycles. The normalized spacial score (nSPS) is 25.2. The predicted molar refractivity (Wildman–Crippen MR) is 46.9 cm³/mol. The van der Waals surface area contributed by atoms with Gasteiger partial charge >= 0.3 is 5.97 Å². The number of amides is 1. The topological polar surface area (TPSA) is 46.6 Å². The van der Waals surface area contributed by atoms with Crippen molar-refractivity contribution >= 4 is 11.9 Å². The van der Waals surface area contributed by atoms with Crippen LogP contribution in [-0.4, -0.2) is 37.5 Å². The maximum Gasteiger partial charge on any atom is 0.309 e. The van der Waals surface area contributed by atoms with Crippen LogP contribution in [-0.2, 0) is 14.3 Å². The van der Waals surface area contributed by atoms with Crippen LogP contribution in [0, 0.1) is 11.8 Å². The Morgan fingerprint density at radius 1 is 1.38 bits per heavy atom. The first-order valence-electron chi connectivity index (χ1n) is 4.45. The Balaban J connectivity index is 2.37. The minimum atomic E-state index is -0.234. The summed E-state index contributed by atoms with van der Waals surface area (Å²) in [5.41, 5.74) is 0. The summed E-state index contributed by atoms with van der Waals surface area (Å²) in [6, 6.07) is 0. The number of rotatable bonds is 3. The Kier molecular flexibility index (Phi) is 2.90. The zero-order chi connectivity index (χ0) is 10.0. The quantitative estimate of drug-likeness (QED) is 0.593. The highest BCUT2D eigenvalue weighted by molar-refractivity contribution is 5.89. The van der Waals surface area contributed by atoms with Crippen LogP contribution in [0.1, 0.15) is 13.3 Å². The molecule has 2 atom stereocenters. The molecule has 0 aromatic rings. The molecule has 1 aliphatic carbocycles. The molecular weight excluding hydrogens is 170 g/mol. The van der Waals surface area contributed by atoms with Gasteiger partial charge in [0.25, 0.3) is 0 Å². The number of carbonyl (C=O) groups excluding carboxylic acids is 2. The lowest BCUT2D eigenvalue weighted by atomic mass is 10.3. The molecule has 0 spiro atoms. The number of carbonyl (C=O) groups is 2. The molecule has 2 unspecified atom stereocenters. The molecule has 0 aliphatic heterocycles. The lowest BCUT2D eigenvalue weighted by molar-refractivity contribution is -0.146. The fourth-order valence-corrected chi connectivity index (χ4v) is 1.31. The van der Waals surface area contributed by atoms with Crippen LogP contribution in [0.5, 0.6) is 0 Å². The number of esters is 1. The summed E-state index contributed by atoms with van der Waals surface area (Å²) >= 11 is 0. The summed E-state index contributed by atoms with van der Waals surface area (Å²) in [6.07, 6.45) is 0.649.